The fraction of sp³-hybridized carbons (Fsp3) is 0.160. The third kappa shape index (κ3) is 4.78. The Kier molecular flexibility index (Phi) is 6.47. The molecule has 0 radical (unpaired) electrons. The number of hydrogen-bond acceptors (Lipinski definition) is 6. The van der Waals surface area contributed by atoms with E-state index in [1.807, 2.05) is 66.0 Å². The first-order chi connectivity index (χ1) is 15.5. The van der Waals surface area contributed by atoms with Gasteiger partial charge in [0.2, 0.25) is 0 Å². The topological polar surface area (TPSA) is 77.5 Å². The fourth-order valence-corrected chi connectivity index (χ4v) is 3.91. The van der Waals surface area contributed by atoms with Crippen LogP contribution in [0.25, 0.3) is 22.2 Å². The van der Waals surface area contributed by atoms with Crippen LogP contribution in [0.5, 0.6) is 5.75 Å². The summed E-state index contributed by atoms with van der Waals surface area (Å²) >= 11 is 1.55. The Morgan fingerprint density at radius 3 is 2.56 bits per heavy atom. The number of hydrogen-bond donors (Lipinski definition) is 1. The van der Waals surface area contributed by atoms with Gasteiger partial charge in [0.1, 0.15) is 5.75 Å². The zero-order valence-electron chi connectivity index (χ0n) is 17.7. The first kappa shape index (κ1) is 21.5. The van der Waals surface area contributed by atoms with Crippen LogP contribution in [0, 0.1) is 0 Å². The van der Waals surface area contributed by atoms with Crippen molar-refractivity contribution in [1.29, 1.82) is 0 Å². The molecule has 2 heterocycles. The zero-order chi connectivity index (χ0) is 22.5. The number of nitrogens with one attached hydrogen (secondary N) is 1. The molecule has 2 aromatic carbocycles. The van der Waals surface area contributed by atoms with Crippen LogP contribution in [0.4, 0.5) is 0 Å². The maximum atomic E-state index is 13.0. The Bertz CT molecular complexity index is 1240. The standard InChI is InChI=1S/C25H22N2O4S/c1-16(24(28)26-15-19-6-5-13-32-19)31-25(29)21-14-23(17-9-11-18(30-2)12-10-17)27-22-8-4-3-7-20(21)22/h3-14,16H,15H2,1-2H3,(H,26,28). The number of methoxy groups -OCH3 is 1. The van der Waals surface area contributed by atoms with Gasteiger partial charge in [0, 0.05) is 15.8 Å². The Balaban J connectivity index is 1.57. The molecule has 4 rings (SSSR count). The lowest BCUT2D eigenvalue weighted by Gasteiger charge is -2.15. The number of pyridine rings is 1. The fourth-order valence-electron chi connectivity index (χ4n) is 3.26. The van der Waals surface area contributed by atoms with Gasteiger partial charge in [-0.1, -0.05) is 24.3 Å². The van der Waals surface area contributed by atoms with Gasteiger partial charge in [-0.15, -0.1) is 11.3 Å². The summed E-state index contributed by atoms with van der Waals surface area (Å²) in [5, 5.41) is 5.41. The van der Waals surface area contributed by atoms with Crippen LogP contribution in [0.15, 0.2) is 72.1 Å². The molecule has 32 heavy (non-hydrogen) atoms. The molecule has 0 spiro atoms. The molecule has 0 saturated heterocycles. The van der Waals surface area contributed by atoms with Crippen molar-refractivity contribution in [2.75, 3.05) is 7.11 Å². The summed E-state index contributed by atoms with van der Waals surface area (Å²) in [6.45, 7) is 1.97. The van der Waals surface area contributed by atoms with Gasteiger partial charge in [-0.3, -0.25) is 4.79 Å². The third-order valence-corrected chi connectivity index (χ3v) is 5.87. The average molecular weight is 447 g/mol. The number of carbonyl (C=O) groups is 2. The Morgan fingerprint density at radius 1 is 1.06 bits per heavy atom. The highest BCUT2D eigenvalue weighted by Gasteiger charge is 2.21. The molecule has 1 N–H and O–H groups in total. The smallest absolute Gasteiger partial charge is 0.339 e. The number of esters is 1. The minimum Gasteiger partial charge on any atom is -0.497 e. The van der Waals surface area contributed by atoms with E-state index in [0.717, 1.165) is 16.2 Å². The van der Waals surface area contributed by atoms with Crippen molar-refractivity contribution >= 4 is 34.1 Å². The molecule has 0 aliphatic heterocycles. The number of para-hydroxylation sites is 1. The van der Waals surface area contributed by atoms with Crippen molar-refractivity contribution < 1.29 is 19.1 Å². The summed E-state index contributed by atoms with van der Waals surface area (Å²) in [4.78, 5) is 31.2. The quantitative estimate of drug-likeness (QED) is 0.411. The van der Waals surface area contributed by atoms with Crippen molar-refractivity contribution in [2.24, 2.45) is 0 Å². The number of carbonyl (C=O) groups excluding carboxylic acids is 2. The SMILES string of the molecule is COc1ccc(-c2cc(C(=O)OC(C)C(=O)NCc3cccs3)c3ccccc3n2)cc1. The number of thiophene rings is 1. The van der Waals surface area contributed by atoms with E-state index >= 15 is 0 Å². The molecule has 6 nitrogen and oxygen atoms in total. The van der Waals surface area contributed by atoms with Gasteiger partial charge >= 0.3 is 5.97 Å². The lowest BCUT2D eigenvalue weighted by molar-refractivity contribution is -0.129. The second-order valence-corrected chi connectivity index (χ2v) is 8.18. The molecule has 0 bridgehead atoms. The maximum absolute atomic E-state index is 13.0. The van der Waals surface area contributed by atoms with Gasteiger partial charge in [0.05, 0.1) is 30.4 Å². The first-order valence-corrected chi connectivity index (χ1v) is 11.0. The minimum atomic E-state index is -0.932. The molecule has 1 unspecified atom stereocenters. The molecule has 1 atom stereocenters. The predicted molar refractivity (Wildman–Crippen MR) is 125 cm³/mol. The Hall–Kier alpha value is -3.71. The van der Waals surface area contributed by atoms with Crippen molar-refractivity contribution in [1.82, 2.24) is 10.3 Å². The van der Waals surface area contributed by atoms with E-state index in [0.29, 0.717) is 28.7 Å². The van der Waals surface area contributed by atoms with Crippen molar-refractivity contribution in [3.63, 3.8) is 0 Å². The van der Waals surface area contributed by atoms with E-state index in [1.54, 1.807) is 31.4 Å². The summed E-state index contributed by atoms with van der Waals surface area (Å²) in [5.41, 5.74) is 2.50. The number of rotatable bonds is 7. The van der Waals surface area contributed by atoms with E-state index < -0.39 is 12.1 Å². The molecular formula is C25H22N2O4S. The van der Waals surface area contributed by atoms with Crippen LogP contribution >= 0.6 is 11.3 Å². The molecule has 162 valence electrons. The molecule has 0 fully saturated rings. The molecule has 7 heteroatoms. The number of amides is 1. The lowest BCUT2D eigenvalue weighted by Crippen LogP contribution is -2.35. The van der Waals surface area contributed by atoms with Crippen molar-refractivity contribution in [3.8, 4) is 17.0 Å². The molecule has 4 aromatic rings. The highest BCUT2D eigenvalue weighted by atomic mass is 32.1. The summed E-state index contributed by atoms with van der Waals surface area (Å²) < 4.78 is 10.7. The molecule has 0 saturated carbocycles. The van der Waals surface area contributed by atoms with Crippen LogP contribution in [-0.2, 0) is 16.1 Å². The van der Waals surface area contributed by atoms with E-state index in [1.165, 1.54) is 0 Å². The van der Waals surface area contributed by atoms with Gasteiger partial charge < -0.3 is 14.8 Å². The summed E-state index contributed by atoms with van der Waals surface area (Å²) in [5.74, 6) is -0.186. The third-order valence-electron chi connectivity index (χ3n) is 4.99. The molecule has 2 aromatic heterocycles. The van der Waals surface area contributed by atoms with Crippen LogP contribution in [0.3, 0.4) is 0 Å². The van der Waals surface area contributed by atoms with E-state index in [4.69, 9.17) is 9.47 Å². The van der Waals surface area contributed by atoms with Crippen LogP contribution in [0.1, 0.15) is 22.2 Å². The summed E-state index contributed by atoms with van der Waals surface area (Å²) in [7, 11) is 1.61. The highest BCUT2D eigenvalue weighted by molar-refractivity contribution is 7.09. The summed E-state index contributed by atoms with van der Waals surface area (Å²) in [6, 6.07) is 20.4. The Labute approximate surface area is 189 Å². The molecule has 1 amide bonds. The average Bonchev–Trinajstić information content (AvgIpc) is 3.35. The molecule has 0 aliphatic rings. The number of aromatic nitrogens is 1. The maximum Gasteiger partial charge on any atom is 0.339 e. The molecule has 0 aliphatic carbocycles. The predicted octanol–water partition coefficient (Wildman–Crippen LogP) is 4.83. The van der Waals surface area contributed by atoms with Gasteiger partial charge in [0.25, 0.3) is 5.91 Å². The normalized spacial score (nSPS) is 11.7. The van der Waals surface area contributed by atoms with E-state index in [2.05, 4.69) is 10.3 Å². The highest BCUT2D eigenvalue weighted by Crippen LogP contribution is 2.27. The monoisotopic (exact) mass is 446 g/mol. The van der Waals surface area contributed by atoms with E-state index in [9.17, 15) is 9.59 Å². The van der Waals surface area contributed by atoms with Crippen LogP contribution < -0.4 is 10.1 Å². The number of nitrogens with zero attached hydrogens (tertiary/aromatic N) is 1. The lowest BCUT2D eigenvalue weighted by atomic mass is 10.0. The summed E-state index contributed by atoms with van der Waals surface area (Å²) in [6.07, 6.45) is -0.932. The molecular weight excluding hydrogens is 424 g/mol. The minimum absolute atomic E-state index is 0.347. The Morgan fingerprint density at radius 2 is 1.84 bits per heavy atom. The van der Waals surface area contributed by atoms with Gasteiger partial charge in [0.15, 0.2) is 6.10 Å². The second-order valence-electron chi connectivity index (χ2n) is 7.15. The number of benzene rings is 2. The van der Waals surface area contributed by atoms with Gasteiger partial charge in [-0.2, -0.15) is 0 Å². The second kappa shape index (κ2) is 9.62. The number of fused-ring (bicyclic) bond motifs is 1. The number of ether oxygens (including phenoxy) is 2. The van der Waals surface area contributed by atoms with E-state index in [-0.39, 0.29) is 5.91 Å². The van der Waals surface area contributed by atoms with Gasteiger partial charge in [-0.25, -0.2) is 9.78 Å². The largest absolute Gasteiger partial charge is 0.497 e. The van der Waals surface area contributed by atoms with Crippen molar-refractivity contribution in [2.45, 2.75) is 19.6 Å². The van der Waals surface area contributed by atoms with Gasteiger partial charge in [-0.05, 0) is 54.8 Å². The zero-order valence-corrected chi connectivity index (χ0v) is 18.5. The van der Waals surface area contributed by atoms with Crippen LogP contribution in [-0.4, -0.2) is 30.1 Å². The van der Waals surface area contributed by atoms with Crippen LogP contribution in [0.2, 0.25) is 0 Å². The first-order valence-electron chi connectivity index (χ1n) is 10.1. The van der Waals surface area contributed by atoms with Crippen molar-refractivity contribution in [3.05, 3.63) is 82.6 Å².